The first-order chi connectivity index (χ1) is 15.9. The highest BCUT2D eigenvalue weighted by molar-refractivity contribution is 9.10. The number of carboxylic acid groups (broad SMARTS) is 1. The van der Waals surface area contributed by atoms with Crippen LogP contribution in [0.3, 0.4) is 0 Å². The standard InChI is InChI=1S/C23H20BrN5O4/c24-14-5-7-17(26-11-13-3-1-2-4-20(13)33-12-21(30)31)16(9-14)22(32)27-15-6-8-18-19(10-15)29-23(25)28-18/h1-10,26H,11-12H2,(H,27,32)(H,30,31)(H3,25,28,29). The monoisotopic (exact) mass is 509 g/mol. The Bertz CT molecular complexity index is 1340. The minimum atomic E-state index is -1.05. The summed E-state index contributed by atoms with van der Waals surface area (Å²) in [6.45, 7) is -0.105. The van der Waals surface area contributed by atoms with Gasteiger partial charge in [0.1, 0.15) is 5.75 Å². The number of benzene rings is 3. The predicted octanol–water partition coefficient (Wildman–Crippen LogP) is 4.24. The molecule has 0 saturated heterocycles. The number of nitrogens with two attached hydrogens (primary N) is 1. The summed E-state index contributed by atoms with van der Waals surface area (Å²) >= 11 is 3.42. The zero-order chi connectivity index (χ0) is 23.4. The Hall–Kier alpha value is -4.05. The van der Waals surface area contributed by atoms with Gasteiger partial charge in [-0.1, -0.05) is 34.1 Å². The fourth-order valence-electron chi connectivity index (χ4n) is 3.28. The molecule has 6 N–H and O–H groups in total. The first kappa shape index (κ1) is 22.2. The Morgan fingerprint density at radius 3 is 2.76 bits per heavy atom. The van der Waals surface area contributed by atoms with Crippen LogP contribution < -0.4 is 21.1 Å². The molecule has 0 radical (unpaired) electrons. The van der Waals surface area contributed by atoms with E-state index < -0.39 is 12.6 Å². The van der Waals surface area contributed by atoms with Crippen LogP contribution in [-0.2, 0) is 11.3 Å². The molecule has 9 nitrogen and oxygen atoms in total. The number of anilines is 3. The smallest absolute Gasteiger partial charge is 0.341 e. The highest BCUT2D eigenvalue weighted by atomic mass is 79.9. The third-order valence-corrected chi connectivity index (χ3v) is 5.27. The number of nitrogens with zero attached hydrogens (tertiary/aromatic N) is 1. The number of aromatic amines is 1. The third-order valence-electron chi connectivity index (χ3n) is 4.78. The van der Waals surface area contributed by atoms with Gasteiger partial charge in [-0.2, -0.15) is 0 Å². The number of carboxylic acids is 1. The van der Waals surface area contributed by atoms with E-state index in [1.165, 1.54) is 0 Å². The van der Waals surface area contributed by atoms with E-state index in [0.29, 0.717) is 40.7 Å². The van der Waals surface area contributed by atoms with Crippen molar-refractivity contribution in [2.75, 3.05) is 23.0 Å². The minimum Gasteiger partial charge on any atom is -0.482 e. The van der Waals surface area contributed by atoms with Crippen LogP contribution >= 0.6 is 15.9 Å². The molecule has 4 aromatic rings. The van der Waals surface area contributed by atoms with Crippen molar-refractivity contribution in [3.05, 3.63) is 76.3 Å². The minimum absolute atomic E-state index is 0.305. The number of carbonyl (C=O) groups is 2. The summed E-state index contributed by atoms with van der Waals surface area (Å²) < 4.78 is 6.11. The number of rotatable bonds is 8. The number of nitrogens with one attached hydrogen (secondary N) is 3. The van der Waals surface area contributed by atoms with Crippen LogP contribution in [0.4, 0.5) is 17.3 Å². The quantitative estimate of drug-likeness (QED) is 0.239. The van der Waals surface area contributed by atoms with Crippen molar-refractivity contribution in [2.45, 2.75) is 6.54 Å². The van der Waals surface area contributed by atoms with E-state index in [1.54, 1.807) is 42.5 Å². The third kappa shape index (κ3) is 5.42. The number of H-pyrrole nitrogens is 1. The number of aliphatic carboxylic acids is 1. The highest BCUT2D eigenvalue weighted by Crippen LogP contribution is 2.26. The predicted molar refractivity (Wildman–Crippen MR) is 130 cm³/mol. The van der Waals surface area contributed by atoms with Crippen LogP contribution in [-0.4, -0.2) is 33.6 Å². The number of aromatic nitrogens is 2. The molecule has 10 heteroatoms. The summed E-state index contributed by atoms with van der Waals surface area (Å²) in [5.41, 5.74) is 9.50. The van der Waals surface area contributed by atoms with Crippen LogP contribution in [0.1, 0.15) is 15.9 Å². The van der Waals surface area contributed by atoms with Crippen molar-refractivity contribution in [3.8, 4) is 5.75 Å². The van der Waals surface area contributed by atoms with Crippen molar-refractivity contribution in [1.82, 2.24) is 9.97 Å². The van der Waals surface area contributed by atoms with Crippen LogP contribution in [0.25, 0.3) is 11.0 Å². The Balaban J connectivity index is 1.52. The van der Waals surface area contributed by atoms with Gasteiger partial charge in [0.25, 0.3) is 5.91 Å². The molecular formula is C23H20BrN5O4. The molecule has 3 aromatic carbocycles. The lowest BCUT2D eigenvalue weighted by Crippen LogP contribution is -2.15. The molecule has 1 amide bonds. The van der Waals surface area contributed by atoms with E-state index >= 15 is 0 Å². The molecule has 0 aliphatic heterocycles. The first-order valence-corrected chi connectivity index (χ1v) is 10.7. The van der Waals surface area contributed by atoms with Crippen LogP contribution in [0, 0.1) is 0 Å². The van der Waals surface area contributed by atoms with Crippen LogP contribution in [0.15, 0.2) is 65.1 Å². The second-order valence-corrected chi connectivity index (χ2v) is 8.06. The lowest BCUT2D eigenvalue weighted by molar-refractivity contribution is -0.139. The number of imidazole rings is 1. The summed E-state index contributed by atoms with van der Waals surface area (Å²) in [7, 11) is 0. The van der Waals surface area contributed by atoms with E-state index in [4.69, 9.17) is 15.6 Å². The Kier molecular flexibility index (Phi) is 6.45. The fourth-order valence-corrected chi connectivity index (χ4v) is 3.65. The van der Waals surface area contributed by atoms with Crippen molar-refractivity contribution >= 4 is 56.2 Å². The number of hydrogen-bond donors (Lipinski definition) is 5. The van der Waals surface area contributed by atoms with Gasteiger partial charge in [-0.25, -0.2) is 9.78 Å². The Morgan fingerprint density at radius 2 is 1.94 bits per heavy atom. The highest BCUT2D eigenvalue weighted by Gasteiger charge is 2.14. The van der Waals surface area contributed by atoms with Gasteiger partial charge >= 0.3 is 5.97 Å². The van der Waals surface area contributed by atoms with Gasteiger partial charge in [0.05, 0.1) is 16.6 Å². The topological polar surface area (TPSA) is 142 Å². The van der Waals surface area contributed by atoms with Gasteiger partial charge in [0, 0.05) is 28.0 Å². The fraction of sp³-hybridized carbons (Fsp3) is 0.0870. The maximum Gasteiger partial charge on any atom is 0.341 e. The molecular weight excluding hydrogens is 490 g/mol. The largest absolute Gasteiger partial charge is 0.482 e. The number of nitrogen functional groups attached to an aromatic ring is 1. The van der Waals surface area contributed by atoms with E-state index in [1.807, 2.05) is 18.2 Å². The zero-order valence-electron chi connectivity index (χ0n) is 17.3. The summed E-state index contributed by atoms with van der Waals surface area (Å²) in [5.74, 6) is -0.594. The van der Waals surface area contributed by atoms with Gasteiger partial charge < -0.3 is 31.2 Å². The van der Waals surface area contributed by atoms with Gasteiger partial charge in [0.2, 0.25) is 0 Å². The zero-order valence-corrected chi connectivity index (χ0v) is 18.8. The maximum absolute atomic E-state index is 13.1. The molecule has 0 fully saturated rings. The molecule has 168 valence electrons. The molecule has 1 aromatic heterocycles. The number of fused-ring (bicyclic) bond motifs is 1. The number of hydrogen-bond acceptors (Lipinski definition) is 6. The van der Waals surface area contributed by atoms with Crippen LogP contribution in [0.5, 0.6) is 5.75 Å². The van der Waals surface area contributed by atoms with E-state index in [9.17, 15) is 9.59 Å². The summed E-state index contributed by atoms with van der Waals surface area (Å²) in [6.07, 6.45) is 0. The number of para-hydroxylation sites is 1. The van der Waals surface area contributed by atoms with Crippen molar-refractivity contribution in [1.29, 1.82) is 0 Å². The van der Waals surface area contributed by atoms with Crippen LogP contribution in [0.2, 0.25) is 0 Å². The average Bonchev–Trinajstić information content (AvgIpc) is 3.16. The molecule has 0 spiro atoms. The number of carbonyl (C=O) groups excluding carboxylic acids is 1. The number of ether oxygens (including phenoxy) is 1. The van der Waals surface area contributed by atoms with Crippen molar-refractivity contribution < 1.29 is 19.4 Å². The second kappa shape index (κ2) is 9.61. The lowest BCUT2D eigenvalue weighted by Gasteiger charge is -2.15. The van der Waals surface area contributed by atoms with E-state index in [2.05, 4.69) is 36.5 Å². The molecule has 0 unspecified atom stereocenters. The van der Waals surface area contributed by atoms with Gasteiger partial charge in [-0.15, -0.1) is 0 Å². The van der Waals surface area contributed by atoms with Crippen molar-refractivity contribution in [3.63, 3.8) is 0 Å². The normalized spacial score (nSPS) is 10.7. The molecule has 33 heavy (non-hydrogen) atoms. The summed E-state index contributed by atoms with van der Waals surface area (Å²) in [6, 6.07) is 17.7. The average molecular weight is 510 g/mol. The maximum atomic E-state index is 13.1. The molecule has 0 bridgehead atoms. The van der Waals surface area contributed by atoms with Gasteiger partial charge in [-0.05, 0) is 42.5 Å². The van der Waals surface area contributed by atoms with Crippen molar-refractivity contribution in [2.24, 2.45) is 0 Å². The first-order valence-electron chi connectivity index (χ1n) is 9.91. The molecule has 4 rings (SSSR count). The van der Waals surface area contributed by atoms with Gasteiger partial charge in [0.15, 0.2) is 12.6 Å². The molecule has 0 aliphatic carbocycles. The molecule has 0 saturated carbocycles. The molecule has 1 heterocycles. The lowest BCUT2D eigenvalue weighted by atomic mass is 10.1. The Morgan fingerprint density at radius 1 is 1.12 bits per heavy atom. The SMILES string of the molecule is Nc1nc2ccc(NC(=O)c3cc(Br)ccc3NCc3ccccc3OCC(=O)O)cc2[nH]1. The summed E-state index contributed by atoms with van der Waals surface area (Å²) in [5, 5.41) is 15.0. The number of amides is 1. The Labute approximate surface area is 197 Å². The van der Waals surface area contributed by atoms with Gasteiger partial charge in [-0.3, -0.25) is 4.79 Å². The molecule has 0 aliphatic rings. The summed E-state index contributed by atoms with van der Waals surface area (Å²) in [4.78, 5) is 31.0. The number of halogens is 1. The molecule has 0 atom stereocenters. The second-order valence-electron chi connectivity index (χ2n) is 7.14. The van der Waals surface area contributed by atoms with E-state index in [0.717, 1.165) is 15.6 Å². The van der Waals surface area contributed by atoms with E-state index in [-0.39, 0.29) is 5.91 Å².